The molecule has 0 saturated heterocycles. The zero-order chi connectivity index (χ0) is 23.4. The maximum atomic E-state index is 3.73. The molecule has 2 aliphatic rings. The molecule has 0 fully saturated rings. The zero-order valence-electron chi connectivity index (χ0n) is 21.7. The summed E-state index contributed by atoms with van der Waals surface area (Å²) in [5.74, 6) is 0. The Morgan fingerprint density at radius 2 is 1.50 bits per heavy atom. The molecule has 0 aromatic heterocycles. The van der Waals surface area contributed by atoms with Gasteiger partial charge in [-0.25, -0.2) is 0 Å². The van der Waals surface area contributed by atoms with Crippen LogP contribution in [0.15, 0.2) is 36.4 Å². The van der Waals surface area contributed by atoms with E-state index in [1.54, 1.807) is 5.56 Å². The van der Waals surface area contributed by atoms with Crippen molar-refractivity contribution in [3.63, 3.8) is 0 Å². The van der Waals surface area contributed by atoms with Crippen LogP contribution in [0, 0.1) is 0 Å². The van der Waals surface area contributed by atoms with E-state index in [0.717, 1.165) is 26.1 Å². The van der Waals surface area contributed by atoms with Gasteiger partial charge < -0.3 is 10.6 Å². The van der Waals surface area contributed by atoms with Gasteiger partial charge in [-0.3, -0.25) is 0 Å². The van der Waals surface area contributed by atoms with Gasteiger partial charge in [0.2, 0.25) is 0 Å². The van der Waals surface area contributed by atoms with E-state index in [0.29, 0.717) is 0 Å². The van der Waals surface area contributed by atoms with Gasteiger partial charge in [0.25, 0.3) is 0 Å². The third-order valence-corrected chi connectivity index (χ3v) is 8.28. The number of nitrogens with one attached hydrogen (secondary N) is 2. The average molecular weight is 433 g/mol. The van der Waals surface area contributed by atoms with Gasteiger partial charge in [0.15, 0.2) is 0 Å². The van der Waals surface area contributed by atoms with E-state index in [9.17, 15) is 0 Å². The summed E-state index contributed by atoms with van der Waals surface area (Å²) in [7, 11) is 0. The number of hydrogen-bond donors (Lipinski definition) is 2. The molecule has 1 unspecified atom stereocenters. The first kappa shape index (κ1) is 23.5. The highest BCUT2D eigenvalue weighted by Gasteiger charge is 2.35. The predicted octanol–water partition coefficient (Wildman–Crippen LogP) is 6.48. The molecule has 2 aliphatic heterocycles. The molecule has 0 amide bonds. The summed E-state index contributed by atoms with van der Waals surface area (Å²) in [6.07, 6.45) is 3.51. The van der Waals surface area contributed by atoms with Gasteiger partial charge in [0, 0.05) is 24.0 Å². The second kappa shape index (κ2) is 7.99. The van der Waals surface area contributed by atoms with E-state index in [1.165, 1.54) is 40.7 Å². The van der Waals surface area contributed by atoms with Crippen LogP contribution >= 0.6 is 0 Å². The molecule has 2 heteroatoms. The van der Waals surface area contributed by atoms with Gasteiger partial charge in [0.05, 0.1) is 0 Å². The largest absolute Gasteiger partial charge is 0.312 e. The molecule has 174 valence electrons. The standard InChI is InChI=1S/C30H44N2/c1-27(2,3)23-9-12-26-22(18-23)19-31-20-30(26,8)15-14-28(4,5)24-10-11-25-21(17-24)13-16-32-29(25,6)7/h9-12,17-18,31-32H,13-16,19-20H2,1-8H3. The smallest absolute Gasteiger partial charge is 0.0380 e. The van der Waals surface area contributed by atoms with Crippen molar-refractivity contribution >= 4 is 0 Å². The zero-order valence-corrected chi connectivity index (χ0v) is 21.7. The van der Waals surface area contributed by atoms with Crippen molar-refractivity contribution in [2.45, 2.75) is 103 Å². The Morgan fingerprint density at radius 3 is 2.22 bits per heavy atom. The monoisotopic (exact) mass is 432 g/mol. The van der Waals surface area contributed by atoms with E-state index >= 15 is 0 Å². The van der Waals surface area contributed by atoms with Gasteiger partial charge in [-0.2, -0.15) is 0 Å². The molecule has 2 heterocycles. The molecular formula is C30H44N2. The minimum Gasteiger partial charge on any atom is -0.312 e. The van der Waals surface area contributed by atoms with E-state index in [1.807, 2.05) is 0 Å². The van der Waals surface area contributed by atoms with Crippen molar-refractivity contribution in [2.24, 2.45) is 0 Å². The molecule has 2 nitrogen and oxygen atoms in total. The van der Waals surface area contributed by atoms with Gasteiger partial charge >= 0.3 is 0 Å². The minimum atomic E-state index is 0.0765. The topological polar surface area (TPSA) is 24.1 Å². The normalized spacial score (nSPS) is 22.9. The Labute approximate surface area is 196 Å². The Morgan fingerprint density at radius 1 is 0.844 bits per heavy atom. The lowest BCUT2D eigenvalue weighted by molar-refractivity contribution is 0.322. The number of hydrogen-bond acceptors (Lipinski definition) is 2. The maximum Gasteiger partial charge on any atom is 0.0380 e. The Balaban J connectivity index is 1.56. The molecule has 32 heavy (non-hydrogen) atoms. The molecule has 1 atom stereocenters. The third kappa shape index (κ3) is 4.41. The maximum absolute atomic E-state index is 3.73. The molecule has 2 aromatic carbocycles. The van der Waals surface area contributed by atoms with Crippen LogP contribution in [0.4, 0.5) is 0 Å². The quantitative estimate of drug-likeness (QED) is 0.577. The second-order valence-corrected chi connectivity index (χ2v) is 12.8. The van der Waals surface area contributed by atoms with Crippen LogP contribution in [0.25, 0.3) is 0 Å². The van der Waals surface area contributed by atoms with Crippen molar-refractivity contribution in [1.29, 1.82) is 0 Å². The third-order valence-electron chi connectivity index (χ3n) is 8.28. The molecule has 0 bridgehead atoms. The molecule has 2 aromatic rings. The molecule has 0 aliphatic carbocycles. The van der Waals surface area contributed by atoms with E-state index < -0.39 is 0 Å². The highest BCUT2D eigenvalue weighted by Crippen LogP contribution is 2.41. The average Bonchev–Trinajstić information content (AvgIpc) is 2.71. The molecule has 4 rings (SSSR count). The van der Waals surface area contributed by atoms with Gasteiger partial charge in [-0.15, -0.1) is 0 Å². The fourth-order valence-electron chi connectivity index (χ4n) is 5.76. The molecule has 0 spiro atoms. The lowest BCUT2D eigenvalue weighted by atomic mass is 9.68. The SMILES string of the molecule is CC(C)(C)c1ccc2c(c1)CNCC2(C)CCC(C)(C)c1ccc2c(c1)CCNC2(C)C. The number of benzene rings is 2. The van der Waals surface area contributed by atoms with Crippen LogP contribution in [-0.2, 0) is 34.7 Å². The fraction of sp³-hybridized carbons (Fsp3) is 0.600. The summed E-state index contributed by atoms with van der Waals surface area (Å²) < 4.78 is 0. The predicted molar refractivity (Wildman–Crippen MR) is 138 cm³/mol. The molecule has 2 N–H and O–H groups in total. The van der Waals surface area contributed by atoms with Crippen LogP contribution < -0.4 is 10.6 Å². The highest BCUT2D eigenvalue weighted by molar-refractivity contribution is 5.43. The Hall–Kier alpha value is -1.64. The summed E-state index contributed by atoms with van der Waals surface area (Å²) in [6.45, 7) is 22.0. The summed E-state index contributed by atoms with van der Waals surface area (Å²) in [5.41, 5.74) is 9.59. The minimum absolute atomic E-state index is 0.0765. The van der Waals surface area contributed by atoms with E-state index in [2.05, 4.69) is 102 Å². The summed E-state index contributed by atoms with van der Waals surface area (Å²) in [4.78, 5) is 0. The Kier molecular flexibility index (Phi) is 5.87. The molecule has 0 radical (unpaired) electrons. The van der Waals surface area contributed by atoms with Crippen molar-refractivity contribution in [3.05, 3.63) is 69.8 Å². The Bertz CT molecular complexity index is 992. The van der Waals surface area contributed by atoms with Crippen LogP contribution in [0.3, 0.4) is 0 Å². The van der Waals surface area contributed by atoms with Crippen molar-refractivity contribution in [1.82, 2.24) is 10.6 Å². The molecule has 0 saturated carbocycles. The van der Waals surface area contributed by atoms with Gasteiger partial charge in [-0.05, 0) is 83.9 Å². The molecular weight excluding hydrogens is 388 g/mol. The van der Waals surface area contributed by atoms with Gasteiger partial charge in [-0.1, -0.05) is 77.9 Å². The first-order valence-electron chi connectivity index (χ1n) is 12.6. The summed E-state index contributed by atoms with van der Waals surface area (Å²) in [6, 6.07) is 14.5. The summed E-state index contributed by atoms with van der Waals surface area (Å²) in [5, 5.41) is 7.39. The van der Waals surface area contributed by atoms with Crippen molar-refractivity contribution in [2.75, 3.05) is 13.1 Å². The highest BCUT2D eigenvalue weighted by atomic mass is 15.0. The first-order valence-corrected chi connectivity index (χ1v) is 12.6. The lowest BCUT2D eigenvalue weighted by Gasteiger charge is -2.40. The van der Waals surface area contributed by atoms with Crippen LogP contribution in [0.1, 0.15) is 102 Å². The fourth-order valence-corrected chi connectivity index (χ4v) is 5.76. The van der Waals surface area contributed by atoms with E-state index in [4.69, 9.17) is 0 Å². The van der Waals surface area contributed by atoms with Crippen LogP contribution in [-0.4, -0.2) is 13.1 Å². The van der Waals surface area contributed by atoms with E-state index in [-0.39, 0.29) is 21.8 Å². The summed E-state index contributed by atoms with van der Waals surface area (Å²) >= 11 is 0. The second-order valence-electron chi connectivity index (χ2n) is 12.8. The lowest BCUT2D eigenvalue weighted by Crippen LogP contribution is -2.43. The number of fused-ring (bicyclic) bond motifs is 2. The first-order chi connectivity index (χ1) is 14.8. The van der Waals surface area contributed by atoms with Crippen LogP contribution in [0.5, 0.6) is 0 Å². The van der Waals surface area contributed by atoms with Crippen LogP contribution in [0.2, 0.25) is 0 Å². The number of rotatable bonds is 4. The van der Waals surface area contributed by atoms with Crippen molar-refractivity contribution in [3.8, 4) is 0 Å². The van der Waals surface area contributed by atoms with Crippen molar-refractivity contribution < 1.29 is 0 Å². The van der Waals surface area contributed by atoms with Gasteiger partial charge in [0.1, 0.15) is 0 Å².